The summed E-state index contributed by atoms with van der Waals surface area (Å²) in [5, 5.41) is 3.35. The zero-order valence-corrected chi connectivity index (χ0v) is 23.1. The molecule has 1 N–H and O–H groups in total. The maximum atomic E-state index is 14.6. The molecule has 3 saturated heterocycles. The number of rotatable bonds is 7. The number of morpholine rings is 1. The molecule has 0 amide bonds. The van der Waals surface area contributed by atoms with Crippen LogP contribution < -0.4 is 5.32 Å². The zero-order chi connectivity index (χ0) is 25.1. The molecule has 0 aromatic rings. The first-order valence-electron chi connectivity index (χ1n) is 12.8. The van der Waals surface area contributed by atoms with Crippen LogP contribution in [0.15, 0.2) is 0 Å². The number of piperazine rings is 1. The Bertz CT molecular complexity index is 699. The van der Waals surface area contributed by atoms with Gasteiger partial charge in [-0.3, -0.25) is 9.46 Å². The Hall–Kier alpha value is 0.0799. The molecule has 4 radical (unpaired) electrons. The quantitative estimate of drug-likeness (QED) is 0.427. The molecule has 0 aromatic heterocycles. The molecule has 0 saturated carbocycles. The SMILES string of the molecule is [B]C1CC(COC(C)(C)C)CN(P(=O)(OCC2CN(C(C)(C)C)CC([B])O2)N2CCNCC2)C1. The Morgan fingerprint density at radius 2 is 1.65 bits per heavy atom. The van der Waals surface area contributed by atoms with Crippen molar-refractivity contribution < 1.29 is 18.6 Å². The molecule has 0 bridgehead atoms. The lowest BCUT2D eigenvalue weighted by atomic mass is 9.77. The van der Waals surface area contributed by atoms with Crippen LogP contribution in [0.1, 0.15) is 48.0 Å². The van der Waals surface area contributed by atoms with Gasteiger partial charge in [-0.1, -0.05) is 12.2 Å². The van der Waals surface area contributed by atoms with Crippen LogP contribution in [-0.2, 0) is 18.6 Å². The van der Waals surface area contributed by atoms with Crippen molar-refractivity contribution in [2.45, 2.75) is 77.0 Å². The van der Waals surface area contributed by atoms with E-state index >= 15 is 0 Å². The molecular weight excluding hydrogens is 449 g/mol. The van der Waals surface area contributed by atoms with E-state index in [1.165, 1.54) is 0 Å². The normalized spacial score (nSPS) is 33.0. The topological polar surface area (TPSA) is 66.5 Å². The highest BCUT2D eigenvalue weighted by Gasteiger charge is 2.44. The number of ether oxygens (including phenoxy) is 2. The first kappa shape index (κ1) is 28.6. The molecule has 3 heterocycles. The lowest BCUT2D eigenvalue weighted by molar-refractivity contribution is -0.0917. The van der Waals surface area contributed by atoms with E-state index in [4.69, 9.17) is 29.7 Å². The first-order valence-corrected chi connectivity index (χ1v) is 14.3. The van der Waals surface area contributed by atoms with E-state index in [0.717, 1.165) is 19.5 Å². The van der Waals surface area contributed by atoms with Crippen molar-refractivity contribution in [1.82, 2.24) is 19.6 Å². The van der Waals surface area contributed by atoms with Crippen molar-refractivity contribution in [3.05, 3.63) is 0 Å². The highest BCUT2D eigenvalue weighted by molar-refractivity contribution is 7.54. The van der Waals surface area contributed by atoms with Gasteiger partial charge >= 0.3 is 7.67 Å². The van der Waals surface area contributed by atoms with Gasteiger partial charge in [0.05, 0.1) is 32.8 Å². The van der Waals surface area contributed by atoms with E-state index in [1.54, 1.807) is 0 Å². The van der Waals surface area contributed by atoms with Gasteiger partial charge in [-0.2, -0.15) is 0 Å². The summed E-state index contributed by atoms with van der Waals surface area (Å²) < 4.78 is 37.1. The fourth-order valence-electron chi connectivity index (χ4n) is 4.85. The van der Waals surface area contributed by atoms with Crippen molar-refractivity contribution in [3.63, 3.8) is 0 Å². The molecule has 192 valence electrons. The zero-order valence-electron chi connectivity index (χ0n) is 22.2. The molecule has 11 heteroatoms. The second-order valence-electron chi connectivity index (χ2n) is 12.0. The van der Waals surface area contributed by atoms with Crippen LogP contribution in [0.4, 0.5) is 0 Å². The second-order valence-corrected chi connectivity index (χ2v) is 14.4. The summed E-state index contributed by atoms with van der Waals surface area (Å²) in [7, 11) is 9.34. The Morgan fingerprint density at radius 1 is 0.971 bits per heavy atom. The molecule has 8 nitrogen and oxygen atoms in total. The Morgan fingerprint density at radius 3 is 2.26 bits per heavy atom. The monoisotopic (exact) mass is 494 g/mol. The minimum atomic E-state index is -3.30. The molecular formula is C23H45B2N4O4P. The summed E-state index contributed by atoms with van der Waals surface area (Å²) in [6.07, 6.45) is 0.618. The smallest absolute Gasteiger partial charge is 0.346 e. The number of piperidine rings is 1. The molecule has 0 aliphatic carbocycles. The molecule has 3 aliphatic rings. The molecule has 3 fully saturated rings. The summed E-state index contributed by atoms with van der Waals surface area (Å²) in [4.78, 5) is 2.31. The van der Waals surface area contributed by atoms with Crippen molar-refractivity contribution in [2.24, 2.45) is 5.92 Å². The van der Waals surface area contributed by atoms with Crippen molar-refractivity contribution in [2.75, 3.05) is 65.6 Å². The van der Waals surface area contributed by atoms with Crippen LogP contribution in [-0.4, -0.2) is 119 Å². The number of nitrogens with zero attached hydrogens (tertiary/aromatic N) is 3. The third kappa shape index (κ3) is 8.04. The Balaban J connectivity index is 1.73. The molecule has 3 rings (SSSR count). The van der Waals surface area contributed by atoms with Gasteiger partial charge in [0.25, 0.3) is 0 Å². The van der Waals surface area contributed by atoms with Crippen LogP contribution in [0.5, 0.6) is 0 Å². The van der Waals surface area contributed by atoms with Gasteiger partial charge in [0.15, 0.2) is 0 Å². The average molecular weight is 494 g/mol. The molecule has 5 unspecified atom stereocenters. The predicted molar refractivity (Wildman–Crippen MR) is 139 cm³/mol. The minimum Gasteiger partial charge on any atom is -0.380 e. The molecule has 5 atom stereocenters. The lowest BCUT2D eigenvalue weighted by Crippen LogP contribution is -2.56. The lowest BCUT2D eigenvalue weighted by Gasteiger charge is -2.47. The maximum Gasteiger partial charge on any atom is 0.346 e. The van der Waals surface area contributed by atoms with Gasteiger partial charge in [-0.25, -0.2) is 9.34 Å². The van der Waals surface area contributed by atoms with Crippen molar-refractivity contribution in [1.29, 1.82) is 0 Å². The summed E-state index contributed by atoms with van der Waals surface area (Å²) in [5.74, 6) is 0.136. The highest BCUT2D eigenvalue weighted by Crippen LogP contribution is 2.56. The van der Waals surface area contributed by atoms with Crippen LogP contribution in [0.25, 0.3) is 0 Å². The third-order valence-electron chi connectivity index (χ3n) is 6.68. The summed E-state index contributed by atoms with van der Waals surface area (Å²) in [6, 6.07) is -0.387. The second kappa shape index (κ2) is 11.6. The molecule has 3 aliphatic heterocycles. The van der Waals surface area contributed by atoms with Crippen LogP contribution in [0.3, 0.4) is 0 Å². The van der Waals surface area contributed by atoms with Gasteiger partial charge in [-0.05, 0) is 47.5 Å². The molecule has 0 spiro atoms. The van der Waals surface area contributed by atoms with Crippen LogP contribution in [0, 0.1) is 5.92 Å². The summed E-state index contributed by atoms with van der Waals surface area (Å²) >= 11 is 0. The van der Waals surface area contributed by atoms with Gasteiger partial charge in [0.2, 0.25) is 0 Å². The van der Waals surface area contributed by atoms with E-state index in [9.17, 15) is 4.57 Å². The van der Waals surface area contributed by atoms with E-state index < -0.39 is 7.67 Å². The van der Waals surface area contributed by atoms with E-state index in [-0.39, 0.29) is 41.6 Å². The van der Waals surface area contributed by atoms with Crippen molar-refractivity contribution >= 4 is 23.4 Å². The maximum absolute atomic E-state index is 14.6. The number of hydrogen-bond acceptors (Lipinski definition) is 6. The van der Waals surface area contributed by atoms with E-state index in [2.05, 4.69) is 51.8 Å². The summed E-state index contributed by atoms with van der Waals surface area (Å²) in [6.45, 7) is 19.0. The van der Waals surface area contributed by atoms with Crippen LogP contribution in [0.2, 0.25) is 5.82 Å². The van der Waals surface area contributed by atoms with E-state index in [0.29, 0.717) is 45.9 Å². The Labute approximate surface area is 210 Å². The largest absolute Gasteiger partial charge is 0.380 e. The fraction of sp³-hybridized carbons (Fsp3) is 1.00. The fourth-order valence-corrected chi connectivity index (χ4v) is 7.46. The summed E-state index contributed by atoms with van der Waals surface area (Å²) in [5.41, 5.74) is -0.247. The van der Waals surface area contributed by atoms with E-state index in [1.807, 2.05) is 9.34 Å². The first-order chi connectivity index (χ1) is 15.8. The van der Waals surface area contributed by atoms with Gasteiger partial charge in [-0.15, -0.1) is 0 Å². The van der Waals surface area contributed by atoms with Gasteiger partial charge < -0.3 is 19.3 Å². The van der Waals surface area contributed by atoms with Gasteiger partial charge in [0.1, 0.15) is 7.85 Å². The highest BCUT2D eigenvalue weighted by atomic mass is 31.2. The number of nitrogens with one attached hydrogen (secondary N) is 1. The van der Waals surface area contributed by atoms with Crippen LogP contribution >= 0.6 is 7.67 Å². The Kier molecular flexibility index (Phi) is 9.81. The average Bonchev–Trinajstić information content (AvgIpc) is 2.75. The minimum absolute atomic E-state index is 0.0260. The predicted octanol–water partition coefficient (Wildman–Crippen LogP) is 2.10. The standard InChI is InChI=1S/C23H45B2N4O4P/c1-22(2,3)27-14-20(33-21(25)15-27)17-32-34(30,28-9-7-26-8-10-28)29-12-18(11-19(24)13-29)16-31-23(4,5)6/h18-21,26H,7-17H2,1-6H3. The molecule has 34 heavy (non-hydrogen) atoms. The van der Waals surface area contributed by atoms with Gasteiger partial charge in [0, 0.05) is 63.9 Å². The molecule has 0 aromatic carbocycles. The number of hydrogen-bond donors (Lipinski definition) is 1. The van der Waals surface area contributed by atoms with Crippen molar-refractivity contribution in [3.8, 4) is 0 Å². The third-order valence-corrected chi connectivity index (χ3v) is 9.32.